The van der Waals surface area contributed by atoms with Crippen LogP contribution in [0.2, 0.25) is 0 Å². The molecule has 19 heteroatoms. The number of urea groups is 2. The summed E-state index contributed by atoms with van der Waals surface area (Å²) >= 11 is 0. The topological polar surface area (TPSA) is 229 Å². The lowest BCUT2D eigenvalue weighted by atomic mass is 9.91. The van der Waals surface area contributed by atoms with Crippen LogP contribution in [0.1, 0.15) is 112 Å². The van der Waals surface area contributed by atoms with Gasteiger partial charge in [0.15, 0.2) is 0 Å². The van der Waals surface area contributed by atoms with E-state index in [1.807, 2.05) is 121 Å². The minimum atomic E-state index is -1.10. The predicted molar refractivity (Wildman–Crippen MR) is 309 cm³/mol. The molecule has 8 unspecified atom stereocenters. The number of carbonyl (C=O) groups excluding carboxylic acids is 7. The summed E-state index contributed by atoms with van der Waals surface area (Å²) in [6.07, 6.45) is 6.04. The average Bonchev–Trinajstić information content (AvgIpc) is 4.35. The van der Waals surface area contributed by atoms with Gasteiger partial charge in [0.25, 0.3) is 0 Å². The van der Waals surface area contributed by atoms with Crippen LogP contribution < -0.4 is 42.5 Å². The van der Waals surface area contributed by atoms with Crippen molar-refractivity contribution in [2.45, 2.75) is 151 Å². The lowest BCUT2D eigenvalue weighted by Gasteiger charge is -2.40. The van der Waals surface area contributed by atoms with Crippen LogP contribution in [-0.2, 0) is 24.0 Å². The Labute approximate surface area is 476 Å². The third-order valence-corrected chi connectivity index (χ3v) is 17.4. The molecule has 4 heterocycles. The largest absolute Gasteiger partial charge is 0.349 e. The normalized spacial score (nSPS) is 25.0. The van der Waals surface area contributed by atoms with Gasteiger partial charge in [0.1, 0.15) is 12.1 Å². The fourth-order valence-electron chi connectivity index (χ4n) is 12.6. The van der Waals surface area contributed by atoms with Crippen molar-refractivity contribution in [3.63, 3.8) is 0 Å². The van der Waals surface area contributed by atoms with Crippen molar-refractivity contribution < 1.29 is 33.6 Å². The van der Waals surface area contributed by atoms with Gasteiger partial charge in [-0.2, -0.15) is 0 Å². The van der Waals surface area contributed by atoms with E-state index in [4.69, 9.17) is 0 Å². The molecule has 5 fully saturated rings. The molecule has 4 aromatic rings. The Morgan fingerprint density at radius 3 is 1.32 bits per heavy atom. The van der Waals surface area contributed by atoms with Gasteiger partial charge >= 0.3 is 12.1 Å². The summed E-state index contributed by atoms with van der Waals surface area (Å²) in [6.45, 7) is 4.82. The fourth-order valence-corrected chi connectivity index (χ4v) is 12.6. The molecule has 9 rings (SSSR count). The highest BCUT2D eigenvalue weighted by atomic mass is 16.2. The van der Waals surface area contributed by atoms with Crippen LogP contribution in [0.3, 0.4) is 0 Å². The van der Waals surface area contributed by atoms with E-state index < -0.39 is 54.1 Å². The molecule has 1 aliphatic carbocycles. The molecule has 0 spiro atoms. The summed E-state index contributed by atoms with van der Waals surface area (Å²) in [5.74, 6) is -1.33. The van der Waals surface area contributed by atoms with Gasteiger partial charge in [-0.15, -0.1) is 0 Å². The quantitative estimate of drug-likeness (QED) is 0.0793. The maximum absolute atomic E-state index is 14.8. The van der Waals surface area contributed by atoms with Crippen LogP contribution in [0.15, 0.2) is 121 Å². The smallest absolute Gasteiger partial charge is 0.317 e. The molecule has 4 saturated heterocycles. The van der Waals surface area contributed by atoms with Gasteiger partial charge in [0, 0.05) is 50.3 Å². The van der Waals surface area contributed by atoms with Crippen molar-refractivity contribution in [1.82, 2.24) is 62.1 Å². The summed E-state index contributed by atoms with van der Waals surface area (Å²) in [5, 5.41) is 25.2. The molecule has 8 atom stereocenters. The van der Waals surface area contributed by atoms with Crippen molar-refractivity contribution in [3.8, 4) is 0 Å². The Bertz CT molecular complexity index is 2690. The lowest BCUT2D eigenvalue weighted by Crippen LogP contribution is -2.63. The number of carbonyl (C=O) groups is 7. The van der Waals surface area contributed by atoms with Gasteiger partial charge in [0.2, 0.25) is 29.5 Å². The molecule has 9 amide bonds. The Hall–Kier alpha value is -7.35. The molecule has 5 aliphatic rings. The van der Waals surface area contributed by atoms with E-state index in [0.29, 0.717) is 77.4 Å². The second kappa shape index (κ2) is 27.4. The van der Waals surface area contributed by atoms with E-state index in [9.17, 15) is 33.6 Å². The van der Waals surface area contributed by atoms with Gasteiger partial charge in [-0.05, 0) is 114 Å². The zero-order chi connectivity index (χ0) is 57.0. The van der Waals surface area contributed by atoms with E-state index in [1.165, 1.54) is 0 Å². The second-order valence-electron chi connectivity index (χ2n) is 22.7. The highest BCUT2D eigenvalue weighted by Gasteiger charge is 2.47. The number of benzene rings is 4. The Morgan fingerprint density at radius 1 is 0.444 bits per heavy atom. The molecule has 432 valence electrons. The van der Waals surface area contributed by atoms with Gasteiger partial charge in [-0.1, -0.05) is 121 Å². The molecule has 81 heavy (non-hydrogen) atoms. The highest BCUT2D eigenvalue weighted by Crippen LogP contribution is 2.33. The molecular weight excluding hydrogens is 1020 g/mol. The van der Waals surface area contributed by atoms with Gasteiger partial charge in [0.05, 0.1) is 42.8 Å². The number of rotatable bonds is 16. The average molecular weight is 1110 g/mol. The van der Waals surface area contributed by atoms with Crippen molar-refractivity contribution in [1.29, 1.82) is 0 Å². The van der Waals surface area contributed by atoms with Crippen molar-refractivity contribution >= 4 is 41.6 Å². The number of likely N-dealkylation sites (N-methyl/N-ethyl adjacent to an activating group) is 2. The van der Waals surface area contributed by atoms with Crippen molar-refractivity contribution in [2.75, 3.05) is 46.8 Å². The molecule has 0 radical (unpaired) electrons. The second-order valence-corrected chi connectivity index (χ2v) is 22.7. The zero-order valence-corrected chi connectivity index (χ0v) is 47.2. The van der Waals surface area contributed by atoms with Crippen LogP contribution >= 0.6 is 0 Å². The number of nitrogens with one attached hydrogen (secondary N) is 8. The molecule has 4 aliphatic heterocycles. The Morgan fingerprint density at radius 2 is 0.852 bits per heavy atom. The van der Waals surface area contributed by atoms with Crippen LogP contribution in [-0.4, -0.2) is 168 Å². The highest BCUT2D eigenvalue weighted by molar-refractivity contribution is 5.94. The first kappa shape index (κ1) is 58.3. The monoisotopic (exact) mass is 1110 g/mol. The summed E-state index contributed by atoms with van der Waals surface area (Å²) < 4.78 is 0. The Balaban J connectivity index is 0.808. The number of hydrogen-bond donors (Lipinski definition) is 8. The predicted octanol–water partition coefficient (Wildman–Crippen LogP) is 4.32. The summed E-state index contributed by atoms with van der Waals surface area (Å²) in [7, 11) is 3.39. The molecule has 1 saturated carbocycles. The minimum absolute atomic E-state index is 0.0255. The molecule has 0 bridgehead atoms. The van der Waals surface area contributed by atoms with E-state index >= 15 is 0 Å². The first-order valence-electron chi connectivity index (χ1n) is 29.2. The fraction of sp³-hybridized carbons (Fsp3) is 0.500. The van der Waals surface area contributed by atoms with E-state index in [2.05, 4.69) is 47.4 Å². The van der Waals surface area contributed by atoms with Crippen molar-refractivity contribution in [3.05, 3.63) is 144 Å². The minimum Gasteiger partial charge on any atom is -0.349 e. The SMILES string of the molecule is CNC(C)C(=O)NC1CN(C(=O)NC2CCC(NC(=O)N3CCC4CCC(C(=O)NC(c5ccccc5)c5ccccc5)N4C(=O)C(NC(=O)C(C)NC)C3)CC2)CCC2CCC(C(=O)NC(c3ccccc3)c3ccccc3)N2C1. The first-order chi connectivity index (χ1) is 39.3. The lowest BCUT2D eigenvalue weighted by molar-refractivity contribution is -0.145. The summed E-state index contributed by atoms with van der Waals surface area (Å²) in [4.78, 5) is 106. The van der Waals surface area contributed by atoms with Gasteiger partial charge in [-0.25, -0.2) is 9.59 Å². The number of fused-ring (bicyclic) bond motifs is 2. The summed E-state index contributed by atoms with van der Waals surface area (Å²) in [5.41, 5.74) is 3.80. The number of amides is 9. The van der Waals surface area contributed by atoms with Crippen LogP contribution in [0.25, 0.3) is 0 Å². The van der Waals surface area contributed by atoms with Gasteiger partial charge < -0.3 is 57.2 Å². The molecule has 0 aromatic heterocycles. The van der Waals surface area contributed by atoms with E-state index in [0.717, 1.165) is 28.7 Å². The maximum atomic E-state index is 14.8. The molecule has 4 aromatic carbocycles. The van der Waals surface area contributed by atoms with E-state index in [1.54, 1.807) is 42.6 Å². The van der Waals surface area contributed by atoms with Crippen LogP contribution in [0, 0.1) is 0 Å². The third kappa shape index (κ3) is 14.4. The molecule has 8 N–H and O–H groups in total. The zero-order valence-electron chi connectivity index (χ0n) is 47.2. The molecular formula is C62H82N12O7. The third-order valence-electron chi connectivity index (χ3n) is 17.4. The van der Waals surface area contributed by atoms with Crippen molar-refractivity contribution in [2.24, 2.45) is 0 Å². The first-order valence-corrected chi connectivity index (χ1v) is 29.2. The summed E-state index contributed by atoms with van der Waals surface area (Å²) in [6, 6.07) is 33.6. The van der Waals surface area contributed by atoms with Crippen LogP contribution in [0.4, 0.5) is 9.59 Å². The Kier molecular flexibility index (Phi) is 19.7. The van der Waals surface area contributed by atoms with Crippen LogP contribution in [0.5, 0.6) is 0 Å². The standard InChI is InChI=1S/C62H82N12O7/c1-40(63-3)56(75)65-48-37-71(35-33-49-29-31-52(73(49)38-48)58(77)69-54(42-17-9-5-10-18-42)43-19-11-6-12-20-43)61(80)66-46-25-27-47(28-26-46)67-62(81)72-36-34-50-30-32-53(74(50)60(79)51(39-72)68-57(76)41(2)64-4)59(78)70-55(44-21-13-7-14-22-44)45-23-15-8-16-24-45/h5-24,40-41,46-55,63-64H,25-39H2,1-4H3,(H,65,75)(H,66,80)(H,67,81)(H,68,76)(H,69,77)(H,70,78). The molecule has 19 nitrogen and oxygen atoms in total. The maximum Gasteiger partial charge on any atom is 0.317 e. The van der Waals surface area contributed by atoms with Gasteiger partial charge in [-0.3, -0.25) is 28.9 Å². The van der Waals surface area contributed by atoms with E-state index in [-0.39, 0.29) is 73.1 Å². The number of hydrogen-bond acceptors (Lipinski definition) is 10. The number of nitrogens with zero attached hydrogens (tertiary/aromatic N) is 4.